The van der Waals surface area contributed by atoms with E-state index in [0.29, 0.717) is 16.3 Å². The van der Waals surface area contributed by atoms with Gasteiger partial charge in [0.05, 0.1) is 29.1 Å². The molecule has 192 valence electrons. The number of rotatable bonds is 9. The molecule has 3 aromatic rings. The van der Waals surface area contributed by atoms with Crippen molar-refractivity contribution < 1.29 is 23.9 Å². The maximum absolute atomic E-state index is 12.2. The monoisotopic (exact) mass is 542 g/mol. The number of nitrogens with zero attached hydrogens (tertiary/aromatic N) is 1. The summed E-state index contributed by atoms with van der Waals surface area (Å²) in [6.45, 7) is 1.82. The summed E-state index contributed by atoms with van der Waals surface area (Å²) < 4.78 is 10.9. The van der Waals surface area contributed by atoms with Gasteiger partial charge in [0.15, 0.2) is 18.1 Å². The number of halogens is 2. The van der Waals surface area contributed by atoms with Gasteiger partial charge in [-0.1, -0.05) is 65.2 Å². The quantitative estimate of drug-likeness (QED) is 0.214. The molecule has 0 heterocycles. The van der Waals surface area contributed by atoms with Crippen molar-refractivity contribution in [3.8, 4) is 11.5 Å². The van der Waals surface area contributed by atoms with Crippen molar-refractivity contribution in [3.05, 3.63) is 87.4 Å². The average Bonchev–Trinajstić information content (AvgIpc) is 2.88. The molecule has 3 amide bonds. The maximum Gasteiger partial charge on any atom is 0.329 e. The maximum atomic E-state index is 12.2. The largest absolute Gasteiger partial charge is 0.493 e. The van der Waals surface area contributed by atoms with Gasteiger partial charge in [0.25, 0.3) is 5.91 Å². The number of nitrogens with one attached hydrogen (secondary N) is 3. The van der Waals surface area contributed by atoms with Crippen LogP contribution in [-0.2, 0) is 20.9 Å². The van der Waals surface area contributed by atoms with Crippen LogP contribution < -0.4 is 25.5 Å². The van der Waals surface area contributed by atoms with E-state index >= 15 is 0 Å². The second kappa shape index (κ2) is 13.3. The zero-order valence-corrected chi connectivity index (χ0v) is 21.5. The highest BCUT2D eigenvalue weighted by Gasteiger charge is 2.15. The number of hydrazone groups is 1. The molecule has 0 aliphatic heterocycles. The van der Waals surface area contributed by atoms with Crippen LogP contribution in [-0.4, -0.2) is 37.7 Å². The van der Waals surface area contributed by atoms with Crippen LogP contribution in [0.4, 0.5) is 5.69 Å². The molecule has 0 atom stereocenters. The molecule has 0 aliphatic carbocycles. The number of carbonyl (C=O) groups excluding carboxylic acids is 3. The van der Waals surface area contributed by atoms with E-state index in [2.05, 4.69) is 21.2 Å². The van der Waals surface area contributed by atoms with E-state index in [-0.39, 0.29) is 29.7 Å². The molecule has 0 aliphatic rings. The van der Waals surface area contributed by atoms with Crippen LogP contribution in [0.15, 0.2) is 65.8 Å². The van der Waals surface area contributed by atoms with E-state index in [1.54, 1.807) is 30.3 Å². The molecule has 9 nitrogen and oxygen atoms in total. The summed E-state index contributed by atoms with van der Waals surface area (Å²) in [5.74, 6) is -1.81. The van der Waals surface area contributed by atoms with Gasteiger partial charge < -0.3 is 20.1 Å². The SMILES string of the molecule is COc1cc(/C=N\NC(=O)C(=O)NCc2ccc(C)cc2)cc(Cl)c1OCC(=O)Nc1ccccc1Cl. The van der Waals surface area contributed by atoms with Crippen LogP contribution in [0, 0.1) is 6.92 Å². The van der Waals surface area contributed by atoms with Crippen LogP contribution in [0.1, 0.15) is 16.7 Å². The van der Waals surface area contributed by atoms with Gasteiger partial charge in [-0.25, -0.2) is 5.43 Å². The Morgan fingerprint density at radius 3 is 2.41 bits per heavy atom. The molecule has 0 bridgehead atoms. The Morgan fingerprint density at radius 1 is 0.973 bits per heavy atom. The summed E-state index contributed by atoms with van der Waals surface area (Å²) in [7, 11) is 1.41. The minimum absolute atomic E-state index is 0.147. The summed E-state index contributed by atoms with van der Waals surface area (Å²) in [5.41, 5.74) is 5.02. The number of carbonyl (C=O) groups is 3. The molecule has 0 unspecified atom stereocenters. The van der Waals surface area contributed by atoms with E-state index in [0.717, 1.165) is 11.1 Å². The summed E-state index contributed by atoms with van der Waals surface area (Å²) in [6, 6.07) is 17.4. The third kappa shape index (κ3) is 8.23. The van der Waals surface area contributed by atoms with Gasteiger partial charge in [-0.3, -0.25) is 14.4 Å². The number of para-hydroxylation sites is 1. The van der Waals surface area contributed by atoms with E-state index in [4.69, 9.17) is 32.7 Å². The molecule has 0 fully saturated rings. The number of hydrogen-bond donors (Lipinski definition) is 3. The second-order valence-electron chi connectivity index (χ2n) is 7.72. The lowest BCUT2D eigenvalue weighted by Crippen LogP contribution is -2.37. The van der Waals surface area contributed by atoms with Crippen molar-refractivity contribution in [1.82, 2.24) is 10.7 Å². The number of amides is 3. The topological polar surface area (TPSA) is 118 Å². The number of benzene rings is 3. The van der Waals surface area contributed by atoms with Crippen molar-refractivity contribution in [2.75, 3.05) is 19.0 Å². The fourth-order valence-electron chi connectivity index (χ4n) is 3.03. The standard InChI is InChI=1S/C26H24Cl2N4O5/c1-16-7-9-17(10-8-16)13-29-25(34)26(35)32-30-14-18-11-20(28)24(22(12-18)36-2)37-15-23(33)31-21-6-4-3-5-19(21)27/h3-12,14H,13,15H2,1-2H3,(H,29,34)(H,31,33)(H,32,35)/b30-14-. The zero-order chi connectivity index (χ0) is 26.8. The van der Waals surface area contributed by atoms with Gasteiger partial charge in [0.1, 0.15) is 0 Å². The molecule has 0 saturated heterocycles. The lowest BCUT2D eigenvalue weighted by molar-refractivity contribution is -0.139. The molecular formula is C26H24Cl2N4O5. The minimum atomic E-state index is -0.925. The van der Waals surface area contributed by atoms with Crippen molar-refractivity contribution in [1.29, 1.82) is 0 Å². The van der Waals surface area contributed by atoms with Gasteiger partial charge in [-0.15, -0.1) is 0 Å². The molecular weight excluding hydrogens is 519 g/mol. The molecule has 3 rings (SSSR count). The highest BCUT2D eigenvalue weighted by atomic mass is 35.5. The van der Waals surface area contributed by atoms with E-state index in [9.17, 15) is 14.4 Å². The van der Waals surface area contributed by atoms with E-state index < -0.39 is 17.7 Å². The van der Waals surface area contributed by atoms with Crippen LogP contribution in [0.3, 0.4) is 0 Å². The second-order valence-corrected chi connectivity index (χ2v) is 8.53. The Balaban J connectivity index is 1.54. The normalized spacial score (nSPS) is 10.6. The number of hydrogen-bond acceptors (Lipinski definition) is 6. The fourth-order valence-corrected chi connectivity index (χ4v) is 3.48. The van der Waals surface area contributed by atoms with Crippen LogP contribution >= 0.6 is 23.2 Å². The molecule has 11 heteroatoms. The Labute approximate surface area is 223 Å². The highest BCUT2D eigenvalue weighted by molar-refractivity contribution is 6.35. The average molecular weight is 543 g/mol. The van der Waals surface area contributed by atoms with Gasteiger partial charge in [0, 0.05) is 6.54 Å². The van der Waals surface area contributed by atoms with E-state index in [1.165, 1.54) is 19.4 Å². The van der Waals surface area contributed by atoms with Crippen molar-refractivity contribution in [2.24, 2.45) is 5.10 Å². The third-order valence-corrected chi connectivity index (χ3v) is 5.52. The Hall–Kier alpha value is -4.08. The first kappa shape index (κ1) is 27.5. The van der Waals surface area contributed by atoms with Crippen LogP contribution in [0.2, 0.25) is 10.0 Å². The summed E-state index contributed by atoms with van der Waals surface area (Å²) in [6.07, 6.45) is 1.29. The van der Waals surface area contributed by atoms with Gasteiger partial charge in [0.2, 0.25) is 0 Å². The molecule has 0 saturated carbocycles. The molecule has 0 spiro atoms. The van der Waals surface area contributed by atoms with Gasteiger partial charge >= 0.3 is 11.8 Å². The number of methoxy groups -OCH3 is 1. The molecule has 37 heavy (non-hydrogen) atoms. The van der Waals surface area contributed by atoms with Crippen LogP contribution in [0.5, 0.6) is 11.5 Å². The lowest BCUT2D eigenvalue weighted by Gasteiger charge is -2.13. The zero-order valence-electron chi connectivity index (χ0n) is 20.0. The number of ether oxygens (including phenoxy) is 2. The third-order valence-electron chi connectivity index (χ3n) is 4.91. The number of anilines is 1. The smallest absolute Gasteiger partial charge is 0.329 e. The molecule has 3 N–H and O–H groups in total. The summed E-state index contributed by atoms with van der Waals surface area (Å²) >= 11 is 12.4. The van der Waals surface area contributed by atoms with Crippen molar-refractivity contribution >= 4 is 52.8 Å². The van der Waals surface area contributed by atoms with Crippen molar-refractivity contribution in [3.63, 3.8) is 0 Å². The molecule has 3 aromatic carbocycles. The van der Waals surface area contributed by atoms with Crippen LogP contribution in [0.25, 0.3) is 0 Å². The first-order valence-electron chi connectivity index (χ1n) is 11.0. The van der Waals surface area contributed by atoms with Gasteiger partial charge in [-0.2, -0.15) is 5.10 Å². The predicted octanol–water partition coefficient (Wildman–Crippen LogP) is 4.09. The highest BCUT2D eigenvalue weighted by Crippen LogP contribution is 2.36. The first-order chi connectivity index (χ1) is 17.8. The minimum Gasteiger partial charge on any atom is -0.493 e. The molecule has 0 aromatic heterocycles. The summed E-state index contributed by atoms with van der Waals surface area (Å²) in [5, 5.41) is 9.49. The fraction of sp³-hybridized carbons (Fsp3) is 0.154. The van der Waals surface area contributed by atoms with Gasteiger partial charge in [-0.05, 0) is 42.3 Å². The Morgan fingerprint density at radius 2 is 1.70 bits per heavy atom. The lowest BCUT2D eigenvalue weighted by atomic mass is 10.1. The summed E-state index contributed by atoms with van der Waals surface area (Å²) in [4.78, 5) is 36.2. The van der Waals surface area contributed by atoms with Crippen molar-refractivity contribution in [2.45, 2.75) is 13.5 Å². The molecule has 0 radical (unpaired) electrons. The Kier molecular flexibility index (Phi) is 9.88. The first-order valence-corrected chi connectivity index (χ1v) is 11.7. The van der Waals surface area contributed by atoms with E-state index in [1.807, 2.05) is 31.2 Å². The number of aryl methyl sites for hydroxylation is 1. The Bertz CT molecular complexity index is 1310. The predicted molar refractivity (Wildman–Crippen MR) is 142 cm³/mol.